The van der Waals surface area contributed by atoms with Gasteiger partial charge in [0.25, 0.3) is 5.69 Å². The highest BCUT2D eigenvalue weighted by molar-refractivity contribution is 7.22. The topological polar surface area (TPSA) is 79.6 Å². The van der Waals surface area contributed by atoms with Gasteiger partial charge in [0.1, 0.15) is 0 Å². The van der Waals surface area contributed by atoms with Crippen molar-refractivity contribution in [3.8, 4) is 0 Å². The van der Waals surface area contributed by atoms with Crippen molar-refractivity contribution >= 4 is 44.4 Å². The Balaban J connectivity index is 1.40. The van der Waals surface area contributed by atoms with E-state index in [-0.39, 0.29) is 11.6 Å². The highest BCUT2D eigenvalue weighted by atomic mass is 32.1. The van der Waals surface area contributed by atoms with Crippen molar-refractivity contribution in [3.63, 3.8) is 0 Å². The molecule has 0 aliphatic carbocycles. The van der Waals surface area contributed by atoms with Crippen molar-refractivity contribution in [2.45, 2.75) is 0 Å². The molecule has 1 amide bonds. The third kappa shape index (κ3) is 3.86. The Bertz CT molecular complexity index is 1040. The first kappa shape index (κ1) is 18.1. The lowest BCUT2D eigenvalue weighted by molar-refractivity contribution is -0.384. The molecule has 142 valence electrons. The fraction of sp³-hybridized carbons (Fsp3) is 0.200. The number of carbonyl (C=O) groups is 1. The quantitative estimate of drug-likeness (QED) is 0.384. The van der Waals surface area contributed by atoms with Gasteiger partial charge in [-0.05, 0) is 17.7 Å². The van der Waals surface area contributed by atoms with Crippen LogP contribution in [-0.2, 0) is 4.79 Å². The van der Waals surface area contributed by atoms with Gasteiger partial charge < -0.3 is 9.80 Å². The lowest BCUT2D eigenvalue weighted by Gasteiger charge is -2.34. The number of nitro benzene ring substituents is 1. The van der Waals surface area contributed by atoms with E-state index in [1.54, 1.807) is 18.2 Å². The molecule has 1 fully saturated rings. The van der Waals surface area contributed by atoms with Gasteiger partial charge in [-0.25, -0.2) is 4.98 Å². The van der Waals surface area contributed by atoms with Crippen LogP contribution in [0.1, 0.15) is 5.56 Å². The van der Waals surface area contributed by atoms with E-state index in [2.05, 4.69) is 9.88 Å². The molecule has 3 aromatic rings. The first-order valence-electron chi connectivity index (χ1n) is 8.92. The number of thiazole rings is 1. The summed E-state index contributed by atoms with van der Waals surface area (Å²) < 4.78 is 0.800. The van der Waals surface area contributed by atoms with Gasteiger partial charge in [-0.3, -0.25) is 14.9 Å². The van der Waals surface area contributed by atoms with Crippen LogP contribution < -0.4 is 4.90 Å². The fourth-order valence-electron chi connectivity index (χ4n) is 3.11. The summed E-state index contributed by atoms with van der Waals surface area (Å²) in [5, 5.41) is 11.8. The molecule has 1 saturated heterocycles. The molecule has 0 saturated carbocycles. The Labute approximate surface area is 165 Å². The molecule has 0 N–H and O–H groups in total. The zero-order valence-electron chi connectivity index (χ0n) is 15.0. The second-order valence-corrected chi connectivity index (χ2v) is 7.47. The van der Waals surface area contributed by atoms with Crippen LogP contribution in [0.25, 0.3) is 16.3 Å². The number of nitro groups is 1. The van der Waals surface area contributed by atoms with Gasteiger partial charge >= 0.3 is 0 Å². The summed E-state index contributed by atoms with van der Waals surface area (Å²) in [4.78, 5) is 31.5. The summed E-state index contributed by atoms with van der Waals surface area (Å²) in [6.07, 6.45) is 3.44. The van der Waals surface area contributed by atoms with Crippen LogP contribution in [0.15, 0.2) is 54.6 Å². The number of hydrogen-bond acceptors (Lipinski definition) is 6. The van der Waals surface area contributed by atoms with Crippen LogP contribution in [-0.4, -0.2) is 46.9 Å². The Morgan fingerprint density at radius 2 is 1.86 bits per heavy atom. The molecule has 0 atom stereocenters. The molecule has 1 aliphatic heterocycles. The van der Waals surface area contributed by atoms with Crippen molar-refractivity contribution in [1.29, 1.82) is 0 Å². The summed E-state index contributed by atoms with van der Waals surface area (Å²) in [7, 11) is 0. The van der Waals surface area contributed by atoms with Gasteiger partial charge in [0.2, 0.25) is 5.91 Å². The zero-order valence-corrected chi connectivity index (χ0v) is 15.8. The Morgan fingerprint density at radius 1 is 1.11 bits per heavy atom. The number of piperazine rings is 1. The van der Waals surface area contributed by atoms with E-state index in [0.717, 1.165) is 20.9 Å². The number of fused-ring (bicyclic) bond motifs is 1. The van der Waals surface area contributed by atoms with Crippen LogP contribution in [0.4, 0.5) is 10.8 Å². The minimum absolute atomic E-state index is 0.00317. The van der Waals surface area contributed by atoms with Crippen LogP contribution in [0.3, 0.4) is 0 Å². The molecule has 2 heterocycles. The van der Waals surface area contributed by atoms with Gasteiger partial charge in [-0.2, -0.15) is 0 Å². The van der Waals surface area contributed by atoms with Gasteiger partial charge in [0.05, 0.1) is 15.1 Å². The van der Waals surface area contributed by atoms with Gasteiger partial charge in [0, 0.05) is 44.4 Å². The van der Waals surface area contributed by atoms with Crippen molar-refractivity contribution in [1.82, 2.24) is 9.88 Å². The minimum atomic E-state index is -0.397. The third-order valence-corrected chi connectivity index (χ3v) is 5.73. The molecule has 0 unspecified atom stereocenters. The monoisotopic (exact) mass is 394 g/mol. The normalized spacial score (nSPS) is 14.7. The molecule has 0 bridgehead atoms. The number of benzene rings is 2. The maximum absolute atomic E-state index is 12.4. The number of carbonyl (C=O) groups excluding carboxylic acids is 1. The lowest BCUT2D eigenvalue weighted by Crippen LogP contribution is -2.48. The molecule has 0 spiro atoms. The molecule has 7 nitrogen and oxygen atoms in total. The number of nitrogens with zero attached hydrogens (tertiary/aromatic N) is 4. The van der Waals surface area contributed by atoms with Crippen LogP contribution in [0, 0.1) is 10.1 Å². The second-order valence-electron chi connectivity index (χ2n) is 6.46. The van der Waals surface area contributed by atoms with E-state index in [1.165, 1.54) is 17.4 Å². The van der Waals surface area contributed by atoms with Crippen LogP contribution in [0.2, 0.25) is 0 Å². The standard InChI is InChI=1S/C20H18N4O3S/c25-19(9-6-15-4-2-1-3-5-15)22-10-12-23(13-11-22)20-21-17-8-7-16(24(26)27)14-18(17)28-20/h1-9,14H,10-13H2. The van der Waals surface area contributed by atoms with Crippen LogP contribution in [0.5, 0.6) is 0 Å². The summed E-state index contributed by atoms with van der Waals surface area (Å²) in [5.41, 5.74) is 1.83. The van der Waals surface area contributed by atoms with Crippen molar-refractivity contribution in [3.05, 3.63) is 70.3 Å². The predicted octanol–water partition coefficient (Wildman–Crippen LogP) is 3.57. The maximum atomic E-state index is 12.4. The molecule has 4 rings (SSSR count). The molecular formula is C20H18N4O3S. The summed E-state index contributed by atoms with van der Waals surface area (Å²) in [6, 6.07) is 14.5. The number of aromatic nitrogens is 1. The molecule has 28 heavy (non-hydrogen) atoms. The average Bonchev–Trinajstić information content (AvgIpc) is 3.16. The number of hydrogen-bond donors (Lipinski definition) is 0. The SMILES string of the molecule is O=C(C=Cc1ccccc1)N1CCN(c2nc3ccc([N+](=O)[O-])cc3s2)CC1. The second kappa shape index (κ2) is 7.77. The maximum Gasteiger partial charge on any atom is 0.270 e. The molecule has 1 aromatic heterocycles. The minimum Gasteiger partial charge on any atom is -0.345 e. The summed E-state index contributed by atoms with van der Waals surface area (Å²) in [6.45, 7) is 2.61. The highest BCUT2D eigenvalue weighted by Crippen LogP contribution is 2.31. The first-order valence-corrected chi connectivity index (χ1v) is 9.74. The van der Waals surface area contributed by atoms with Gasteiger partial charge in [-0.1, -0.05) is 41.7 Å². The zero-order chi connectivity index (χ0) is 19.5. The van der Waals surface area contributed by atoms with E-state index < -0.39 is 4.92 Å². The average molecular weight is 394 g/mol. The van der Waals surface area contributed by atoms with Crippen LogP contribution >= 0.6 is 11.3 Å². The highest BCUT2D eigenvalue weighted by Gasteiger charge is 2.22. The van der Waals surface area contributed by atoms with E-state index >= 15 is 0 Å². The largest absolute Gasteiger partial charge is 0.345 e. The Kier molecular flexibility index (Phi) is 5.03. The Hall–Kier alpha value is -3.26. The molecule has 8 heteroatoms. The molecule has 1 aliphatic rings. The molecule has 0 radical (unpaired) electrons. The smallest absolute Gasteiger partial charge is 0.270 e. The number of rotatable bonds is 4. The third-order valence-electron chi connectivity index (χ3n) is 4.65. The predicted molar refractivity (Wildman–Crippen MR) is 111 cm³/mol. The summed E-state index contributed by atoms with van der Waals surface area (Å²) >= 11 is 1.45. The van der Waals surface area contributed by atoms with E-state index in [9.17, 15) is 14.9 Å². The van der Waals surface area contributed by atoms with Gasteiger partial charge in [0.15, 0.2) is 5.13 Å². The number of anilines is 1. The first-order chi connectivity index (χ1) is 13.6. The van der Waals surface area contributed by atoms with E-state index in [1.807, 2.05) is 41.3 Å². The number of amides is 1. The van der Waals surface area contributed by atoms with Crippen molar-refractivity contribution in [2.75, 3.05) is 31.1 Å². The lowest BCUT2D eigenvalue weighted by atomic mass is 10.2. The van der Waals surface area contributed by atoms with Crippen molar-refractivity contribution in [2.24, 2.45) is 0 Å². The Morgan fingerprint density at radius 3 is 2.57 bits per heavy atom. The van der Waals surface area contributed by atoms with Crippen molar-refractivity contribution < 1.29 is 9.72 Å². The van der Waals surface area contributed by atoms with E-state index in [4.69, 9.17) is 0 Å². The molecular weight excluding hydrogens is 376 g/mol. The van der Waals surface area contributed by atoms with E-state index in [0.29, 0.717) is 26.2 Å². The van der Waals surface area contributed by atoms with Gasteiger partial charge in [-0.15, -0.1) is 0 Å². The number of non-ortho nitro benzene ring substituents is 1. The fourth-order valence-corrected chi connectivity index (χ4v) is 4.16. The molecule has 2 aromatic carbocycles. The summed E-state index contributed by atoms with van der Waals surface area (Å²) in [5.74, 6) is 0.00317.